The van der Waals surface area contributed by atoms with Gasteiger partial charge >= 0.3 is 0 Å². The van der Waals surface area contributed by atoms with Gasteiger partial charge in [0.25, 0.3) is 0 Å². The third-order valence-electron chi connectivity index (χ3n) is 4.42. The van der Waals surface area contributed by atoms with Crippen molar-refractivity contribution in [2.75, 3.05) is 0 Å². The van der Waals surface area contributed by atoms with Crippen LogP contribution in [0.3, 0.4) is 0 Å². The van der Waals surface area contributed by atoms with Crippen molar-refractivity contribution in [2.24, 2.45) is 0 Å². The van der Waals surface area contributed by atoms with E-state index >= 15 is 0 Å². The number of benzene rings is 2. The van der Waals surface area contributed by atoms with Crippen molar-refractivity contribution < 1.29 is 9.85 Å². The van der Waals surface area contributed by atoms with Gasteiger partial charge in [0, 0.05) is 12.1 Å². The predicted molar refractivity (Wildman–Crippen MR) is 88.8 cm³/mol. The fraction of sp³-hybridized carbons (Fsp3) is 0.316. The standard InChI is InChI=1S/C19H21NO2/c21-19-9-5-4-8-17(19)14-20(22)18-12-10-16(11-13-18)15-6-2-1-3-7-15/h4-5,8-15,21H,1-3,6-7H2. The van der Waals surface area contributed by atoms with Crippen LogP contribution in [0.15, 0.2) is 48.5 Å². The quantitative estimate of drug-likeness (QED) is 0.386. The zero-order valence-corrected chi connectivity index (χ0v) is 12.6. The smallest absolute Gasteiger partial charge is 0.216 e. The molecule has 1 fully saturated rings. The minimum Gasteiger partial charge on any atom is -0.618 e. The lowest BCUT2D eigenvalue weighted by Crippen LogP contribution is -2.05. The van der Waals surface area contributed by atoms with E-state index in [1.54, 1.807) is 24.3 Å². The molecule has 0 spiro atoms. The van der Waals surface area contributed by atoms with Crippen molar-refractivity contribution in [2.45, 2.75) is 38.0 Å². The molecule has 114 valence electrons. The molecule has 1 aliphatic rings. The summed E-state index contributed by atoms with van der Waals surface area (Å²) in [7, 11) is 0. The first-order valence-electron chi connectivity index (χ1n) is 7.93. The third kappa shape index (κ3) is 3.30. The normalized spacial score (nSPS) is 16.6. The molecular formula is C19H21NO2. The van der Waals surface area contributed by atoms with Crippen LogP contribution in [0, 0.1) is 5.21 Å². The number of phenolic OH excluding ortho intramolecular Hbond substituents is 1. The third-order valence-corrected chi connectivity index (χ3v) is 4.42. The number of aromatic hydroxyl groups is 1. The molecule has 2 aromatic carbocycles. The maximum atomic E-state index is 12.2. The molecule has 0 bridgehead atoms. The zero-order chi connectivity index (χ0) is 15.4. The lowest BCUT2D eigenvalue weighted by atomic mass is 9.84. The highest BCUT2D eigenvalue weighted by Crippen LogP contribution is 2.33. The Kier molecular flexibility index (Phi) is 4.42. The minimum absolute atomic E-state index is 0.113. The molecule has 1 aliphatic carbocycles. The summed E-state index contributed by atoms with van der Waals surface area (Å²) >= 11 is 0. The largest absolute Gasteiger partial charge is 0.618 e. The van der Waals surface area contributed by atoms with Crippen LogP contribution in [-0.4, -0.2) is 16.1 Å². The second-order valence-corrected chi connectivity index (χ2v) is 5.94. The molecule has 0 saturated heterocycles. The van der Waals surface area contributed by atoms with Crippen LogP contribution in [0.25, 0.3) is 0 Å². The molecule has 1 N–H and O–H groups in total. The Morgan fingerprint density at radius 1 is 0.955 bits per heavy atom. The number of hydrogen-bond acceptors (Lipinski definition) is 2. The number of rotatable bonds is 3. The minimum atomic E-state index is 0.113. The molecular weight excluding hydrogens is 274 g/mol. The summed E-state index contributed by atoms with van der Waals surface area (Å²) in [6, 6.07) is 14.7. The van der Waals surface area contributed by atoms with E-state index in [-0.39, 0.29) is 5.75 Å². The van der Waals surface area contributed by atoms with E-state index in [0.717, 1.165) is 4.74 Å². The maximum Gasteiger partial charge on any atom is 0.216 e. The number of hydrogen-bond donors (Lipinski definition) is 1. The van der Waals surface area contributed by atoms with Crippen molar-refractivity contribution in [1.29, 1.82) is 0 Å². The van der Waals surface area contributed by atoms with Gasteiger partial charge in [-0.1, -0.05) is 43.5 Å². The molecule has 0 aliphatic heterocycles. The van der Waals surface area contributed by atoms with E-state index in [2.05, 4.69) is 12.1 Å². The number of nitrogens with zero attached hydrogens (tertiary/aromatic N) is 1. The molecule has 0 aromatic heterocycles. The summed E-state index contributed by atoms with van der Waals surface area (Å²) in [6.07, 6.45) is 7.88. The second-order valence-electron chi connectivity index (χ2n) is 5.94. The Morgan fingerprint density at radius 3 is 2.32 bits per heavy atom. The van der Waals surface area contributed by atoms with E-state index in [9.17, 15) is 10.3 Å². The highest BCUT2D eigenvalue weighted by atomic mass is 16.5. The van der Waals surface area contributed by atoms with E-state index in [4.69, 9.17) is 0 Å². The monoisotopic (exact) mass is 295 g/mol. The Morgan fingerprint density at radius 2 is 1.64 bits per heavy atom. The van der Waals surface area contributed by atoms with Gasteiger partial charge in [0.15, 0.2) is 6.21 Å². The average Bonchev–Trinajstić information content (AvgIpc) is 2.58. The predicted octanol–water partition coefficient (Wildman–Crippen LogP) is 4.70. The summed E-state index contributed by atoms with van der Waals surface area (Å²) in [5.41, 5.74) is 2.44. The van der Waals surface area contributed by atoms with Gasteiger partial charge in [0.05, 0.1) is 5.56 Å². The van der Waals surface area contributed by atoms with Gasteiger partial charge in [-0.25, -0.2) is 0 Å². The van der Waals surface area contributed by atoms with E-state index in [1.165, 1.54) is 43.9 Å². The number of para-hydroxylation sites is 1. The van der Waals surface area contributed by atoms with E-state index in [1.807, 2.05) is 12.1 Å². The summed E-state index contributed by atoms with van der Waals surface area (Å²) in [6.45, 7) is 0. The fourth-order valence-electron chi connectivity index (χ4n) is 3.13. The van der Waals surface area contributed by atoms with Crippen LogP contribution < -0.4 is 0 Å². The van der Waals surface area contributed by atoms with Crippen molar-refractivity contribution in [3.05, 3.63) is 64.9 Å². The molecule has 0 unspecified atom stereocenters. The zero-order valence-electron chi connectivity index (χ0n) is 12.6. The Bertz CT molecular complexity index is 655. The van der Waals surface area contributed by atoms with Gasteiger partial charge in [-0.05, 0) is 36.5 Å². The molecule has 1 saturated carbocycles. The van der Waals surface area contributed by atoms with Gasteiger partial charge in [-0.2, -0.15) is 4.74 Å². The fourth-order valence-corrected chi connectivity index (χ4v) is 3.13. The van der Waals surface area contributed by atoms with Crippen molar-refractivity contribution in [3.8, 4) is 5.75 Å². The first kappa shape index (κ1) is 14.6. The van der Waals surface area contributed by atoms with E-state index in [0.29, 0.717) is 17.2 Å². The Hall–Kier alpha value is -2.29. The molecule has 2 aromatic rings. The summed E-state index contributed by atoms with van der Waals surface area (Å²) < 4.78 is 0.805. The van der Waals surface area contributed by atoms with Gasteiger partial charge in [-0.3, -0.25) is 0 Å². The van der Waals surface area contributed by atoms with Crippen LogP contribution in [-0.2, 0) is 0 Å². The molecule has 22 heavy (non-hydrogen) atoms. The van der Waals surface area contributed by atoms with Crippen molar-refractivity contribution in [1.82, 2.24) is 0 Å². The highest BCUT2D eigenvalue weighted by Gasteiger charge is 2.15. The van der Waals surface area contributed by atoms with Gasteiger partial charge in [-0.15, -0.1) is 0 Å². The Balaban J connectivity index is 1.78. The average molecular weight is 295 g/mol. The van der Waals surface area contributed by atoms with Crippen molar-refractivity contribution in [3.63, 3.8) is 0 Å². The van der Waals surface area contributed by atoms with Crippen LogP contribution >= 0.6 is 0 Å². The van der Waals surface area contributed by atoms with Crippen LogP contribution in [0.1, 0.15) is 49.1 Å². The molecule has 0 amide bonds. The van der Waals surface area contributed by atoms with Gasteiger partial charge in [0.1, 0.15) is 5.75 Å². The number of phenols is 1. The van der Waals surface area contributed by atoms with Gasteiger partial charge in [0.2, 0.25) is 5.69 Å². The highest BCUT2D eigenvalue weighted by molar-refractivity contribution is 5.80. The van der Waals surface area contributed by atoms with Crippen LogP contribution in [0.5, 0.6) is 5.75 Å². The molecule has 3 rings (SSSR count). The second kappa shape index (κ2) is 6.65. The van der Waals surface area contributed by atoms with Crippen molar-refractivity contribution >= 4 is 11.9 Å². The molecule has 0 heterocycles. The van der Waals surface area contributed by atoms with Crippen LogP contribution in [0.4, 0.5) is 5.69 Å². The van der Waals surface area contributed by atoms with E-state index < -0.39 is 0 Å². The maximum absolute atomic E-state index is 12.2. The van der Waals surface area contributed by atoms with Gasteiger partial charge < -0.3 is 10.3 Å². The Labute approximate surface area is 131 Å². The molecule has 0 radical (unpaired) electrons. The lowest BCUT2D eigenvalue weighted by molar-refractivity contribution is -0.354. The van der Waals surface area contributed by atoms with Crippen LogP contribution in [0.2, 0.25) is 0 Å². The lowest BCUT2D eigenvalue weighted by Gasteiger charge is -2.21. The summed E-state index contributed by atoms with van der Waals surface area (Å²) in [5.74, 6) is 0.757. The molecule has 3 heteroatoms. The molecule has 0 atom stereocenters. The SMILES string of the molecule is [O-][N+](=Cc1ccccc1O)c1ccc(C2CCCCC2)cc1. The first-order valence-corrected chi connectivity index (χ1v) is 7.93. The topological polar surface area (TPSA) is 46.3 Å². The molecule has 3 nitrogen and oxygen atoms in total. The first-order chi connectivity index (χ1) is 10.7. The summed E-state index contributed by atoms with van der Waals surface area (Å²) in [5, 5.41) is 21.9. The summed E-state index contributed by atoms with van der Waals surface area (Å²) in [4.78, 5) is 0.